The first-order valence-electron chi connectivity index (χ1n) is 7.22. The van der Waals surface area contributed by atoms with E-state index in [-0.39, 0.29) is 0 Å². The van der Waals surface area contributed by atoms with Gasteiger partial charge in [0.25, 0.3) is 0 Å². The monoisotopic (exact) mass is 376 g/mol. The first kappa shape index (κ1) is 17.0. The summed E-state index contributed by atoms with van der Waals surface area (Å²) in [5.74, 6) is 1.32. The normalized spacial score (nSPS) is 10.8. The van der Waals surface area contributed by atoms with E-state index in [0.29, 0.717) is 28.2 Å². The van der Waals surface area contributed by atoms with Gasteiger partial charge in [-0.25, -0.2) is 0 Å². The van der Waals surface area contributed by atoms with Crippen LogP contribution in [-0.2, 0) is 12.3 Å². The first-order valence-corrected chi connectivity index (χ1v) is 8.96. The maximum absolute atomic E-state index is 6.23. The molecule has 3 rings (SSSR count). The Morgan fingerprint density at radius 2 is 1.88 bits per heavy atom. The maximum Gasteiger partial charge on any atom is 0.192 e. The number of thioether (sulfide) groups is 1. The fourth-order valence-corrected chi connectivity index (χ4v) is 3.87. The molecule has 0 aliphatic carbocycles. The molecule has 1 aromatic carbocycles. The lowest BCUT2D eigenvalue weighted by Crippen LogP contribution is -2.01. The SMILES string of the molecule is C=CCn1c(SCc2c(Cl)cccc2Cl)nnc1-c1ccccn1. The Kier molecular flexibility index (Phi) is 5.56. The second kappa shape index (κ2) is 7.83. The Bertz CT molecular complexity index is 829. The van der Waals surface area contributed by atoms with Crippen molar-refractivity contribution >= 4 is 35.0 Å². The van der Waals surface area contributed by atoms with E-state index in [1.165, 1.54) is 11.8 Å². The van der Waals surface area contributed by atoms with Gasteiger partial charge in [-0.2, -0.15) is 0 Å². The summed E-state index contributed by atoms with van der Waals surface area (Å²) in [6.45, 7) is 4.40. The van der Waals surface area contributed by atoms with E-state index in [1.807, 2.05) is 47.0 Å². The van der Waals surface area contributed by atoms with Gasteiger partial charge in [-0.15, -0.1) is 16.8 Å². The van der Waals surface area contributed by atoms with E-state index in [9.17, 15) is 0 Å². The zero-order valence-corrected chi connectivity index (χ0v) is 15.0. The molecular formula is C17H14Cl2N4S. The number of rotatable bonds is 6. The quantitative estimate of drug-likeness (QED) is 0.442. The third-order valence-electron chi connectivity index (χ3n) is 3.33. The molecule has 24 heavy (non-hydrogen) atoms. The van der Waals surface area contributed by atoms with E-state index < -0.39 is 0 Å². The first-order chi connectivity index (χ1) is 11.7. The predicted molar refractivity (Wildman–Crippen MR) is 99.5 cm³/mol. The summed E-state index contributed by atoms with van der Waals surface area (Å²) in [4.78, 5) is 4.34. The number of halogens is 2. The van der Waals surface area contributed by atoms with Crippen LogP contribution in [0.4, 0.5) is 0 Å². The molecule has 0 aliphatic heterocycles. The lowest BCUT2D eigenvalue weighted by Gasteiger charge is -2.09. The molecule has 0 bridgehead atoms. The van der Waals surface area contributed by atoms with Crippen molar-refractivity contribution in [2.75, 3.05) is 0 Å². The largest absolute Gasteiger partial charge is 0.297 e. The molecule has 0 aliphatic rings. The third kappa shape index (κ3) is 3.64. The Labute approximate surface area is 154 Å². The summed E-state index contributed by atoms with van der Waals surface area (Å²) in [6, 6.07) is 11.2. The lowest BCUT2D eigenvalue weighted by atomic mass is 10.2. The predicted octanol–water partition coefficient (Wildman–Crippen LogP) is 5.13. The minimum Gasteiger partial charge on any atom is -0.297 e. The minimum absolute atomic E-state index is 0.595. The Morgan fingerprint density at radius 1 is 1.08 bits per heavy atom. The van der Waals surface area contributed by atoms with Crippen LogP contribution in [0.2, 0.25) is 10.0 Å². The van der Waals surface area contributed by atoms with E-state index in [4.69, 9.17) is 23.2 Å². The van der Waals surface area contributed by atoms with Crippen molar-refractivity contribution in [3.05, 3.63) is 70.9 Å². The van der Waals surface area contributed by atoms with Crippen LogP contribution in [0.1, 0.15) is 5.56 Å². The van der Waals surface area contributed by atoms with Crippen LogP contribution in [0, 0.1) is 0 Å². The highest BCUT2D eigenvalue weighted by Crippen LogP contribution is 2.32. The number of hydrogen-bond acceptors (Lipinski definition) is 4. The number of benzene rings is 1. The minimum atomic E-state index is 0.595. The zero-order valence-electron chi connectivity index (χ0n) is 12.7. The fraction of sp³-hybridized carbons (Fsp3) is 0.118. The molecule has 0 atom stereocenters. The Morgan fingerprint density at radius 3 is 2.54 bits per heavy atom. The van der Waals surface area contributed by atoms with Crippen LogP contribution in [0.25, 0.3) is 11.5 Å². The summed E-state index contributed by atoms with van der Waals surface area (Å²) in [7, 11) is 0. The number of nitrogens with zero attached hydrogens (tertiary/aromatic N) is 4. The third-order valence-corrected chi connectivity index (χ3v) is 5.03. The van der Waals surface area contributed by atoms with Gasteiger partial charge in [0.05, 0.1) is 0 Å². The standard InChI is InChI=1S/C17H14Cl2N4S/c1-2-10-23-16(15-8-3-4-9-20-15)21-22-17(23)24-11-12-13(18)6-5-7-14(12)19/h2-9H,1,10-11H2. The van der Waals surface area contributed by atoms with Gasteiger partial charge in [0.2, 0.25) is 0 Å². The molecule has 7 heteroatoms. The molecule has 0 unspecified atom stereocenters. The Balaban J connectivity index is 1.89. The number of pyridine rings is 1. The highest BCUT2D eigenvalue weighted by atomic mass is 35.5. The molecule has 0 N–H and O–H groups in total. The number of allylic oxidation sites excluding steroid dienone is 1. The van der Waals surface area contributed by atoms with Crippen LogP contribution in [0.3, 0.4) is 0 Å². The van der Waals surface area contributed by atoms with Crippen molar-refractivity contribution < 1.29 is 0 Å². The van der Waals surface area contributed by atoms with E-state index in [1.54, 1.807) is 6.20 Å². The fourth-order valence-electron chi connectivity index (χ4n) is 2.18. The molecule has 0 saturated heterocycles. The highest BCUT2D eigenvalue weighted by molar-refractivity contribution is 7.98. The molecule has 4 nitrogen and oxygen atoms in total. The molecule has 2 heterocycles. The van der Waals surface area contributed by atoms with Crippen LogP contribution < -0.4 is 0 Å². The van der Waals surface area contributed by atoms with Crippen molar-refractivity contribution in [2.24, 2.45) is 0 Å². The summed E-state index contributed by atoms with van der Waals surface area (Å²) in [5, 5.41) is 10.6. The van der Waals surface area contributed by atoms with Gasteiger partial charge in [0, 0.05) is 28.5 Å². The van der Waals surface area contributed by atoms with Crippen molar-refractivity contribution in [1.82, 2.24) is 19.7 Å². The molecule has 0 spiro atoms. The molecule has 2 aromatic heterocycles. The molecule has 0 fully saturated rings. The average Bonchev–Trinajstić information content (AvgIpc) is 2.98. The summed E-state index contributed by atoms with van der Waals surface area (Å²) < 4.78 is 1.98. The molecular weight excluding hydrogens is 363 g/mol. The van der Waals surface area contributed by atoms with Crippen molar-refractivity contribution in [3.8, 4) is 11.5 Å². The second-order valence-electron chi connectivity index (χ2n) is 4.91. The van der Waals surface area contributed by atoms with Crippen molar-refractivity contribution in [1.29, 1.82) is 0 Å². The summed E-state index contributed by atoms with van der Waals surface area (Å²) >= 11 is 14.0. The van der Waals surface area contributed by atoms with Gasteiger partial charge in [-0.1, -0.05) is 53.2 Å². The molecule has 0 radical (unpaired) electrons. The van der Waals surface area contributed by atoms with Gasteiger partial charge in [-0.05, 0) is 29.8 Å². The second-order valence-corrected chi connectivity index (χ2v) is 6.67. The molecule has 122 valence electrons. The van der Waals surface area contributed by atoms with Gasteiger partial charge < -0.3 is 0 Å². The van der Waals surface area contributed by atoms with Gasteiger partial charge in [0.1, 0.15) is 5.69 Å². The molecule has 0 amide bonds. The summed E-state index contributed by atoms with van der Waals surface area (Å²) in [5.41, 5.74) is 1.66. The number of hydrogen-bond donors (Lipinski definition) is 0. The van der Waals surface area contributed by atoms with E-state index in [2.05, 4.69) is 21.8 Å². The number of aromatic nitrogens is 4. The van der Waals surface area contributed by atoms with Crippen LogP contribution in [-0.4, -0.2) is 19.7 Å². The molecule has 3 aromatic rings. The van der Waals surface area contributed by atoms with E-state index in [0.717, 1.165) is 16.4 Å². The average molecular weight is 377 g/mol. The molecule has 0 saturated carbocycles. The van der Waals surface area contributed by atoms with Gasteiger partial charge >= 0.3 is 0 Å². The van der Waals surface area contributed by atoms with Crippen LogP contribution >= 0.6 is 35.0 Å². The lowest BCUT2D eigenvalue weighted by molar-refractivity contribution is 0.729. The smallest absolute Gasteiger partial charge is 0.192 e. The maximum atomic E-state index is 6.23. The van der Waals surface area contributed by atoms with Gasteiger partial charge in [0.15, 0.2) is 11.0 Å². The van der Waals surface area contributed by atoms with Crippen molar-refractivity contribution in [3.63, 3.8) is 0 Å². The zero-order chi connectivity index (χ0) is 16.9. The summed E-state index contributed by atoms with van der Waals surface area (Å²) in [6.07, 6.45) is 3.54. The highest BCUT2D eigenvalue weighted by Gasteiger charge is 2.15. The van der Waals surface area contributed by atoms with Gasteiger partial charge in [-0.3, -0.25) is 9.55 Å². The Hall–Kier alpha value is -1.82. The van der Waals surface area contributed by atoms with Crippen LogP contribution in [0.5, 0.6) is 0 Å². The topological polar surface area (TPSA) is 43.6 Å². The van der Waals surface area contributed by atoms with E-state index >= 15 is 0 Å². The van der Waals surface area contributed by atoms with Crippen LogP contribution in [0.15, 0.2) is 60.4 Å². The van der Waals surface area contributed by atoms with Crippen molar-refractivity contribution in [2.45, 2.75) is 17.5 Å².